The summed E-state index contributed by atoms with van der Waals surface area (Å²) >= 11 is 3.44. The molecule has 0 amide bonds. The van der Waals surface area contributed by atoms with E-state index < -0.39 is 5.97 Å². The van der Waals surface area contributed by atoms with Crippen molar-refractivity contribution < 1.29 is 15.0 Å². The molecule has 0 heterocycles. The molecule has 1 unspecified atom stereocenters. The Hall–Kier alpha value is -1.55. The van der Waals surface area contributed by atoms with Gasteiger partial charge >= 0.3 is 5.97 Å². The molecule has 3 nitrogen and oxygen atoms in total. The number of fused-ring (bicyclic) bond motifs is 1. The Bertz CT molecular complexity index is 677. The average Bonchev–Trinajstić information content (AvgIpc) is 3.20. The van der Waals surface area contributed by atoms with Gasteiger partial charge < -0.3 is 10.2 Å². The van der Waals surface area contributed by atoms with Crippen LogP contribution in [-0.4, -0.2) is 16.2 Å². The van der Waals surface area contributed by atoms with Crippen molar-refractivity contribution in [1.29, 1.82) is 0 Å². The third-order valence-corrected chi connectivity index (χ3v) is 4.43. The number of benzene rings is 2. The van der Waals surface area contributed by atoms with E-state index in [0.717, 1.165) is 33.7 Å². The molecule has 1 saturated carbocycles. The van der Waals surface area contributed by atoms with Gasteiger partial charge in [-0.1, -0.05) is 22.0 Å². The van der Waals surface area contributed by atoms with E-state index in [-0.39, 0.29) is 18.1 Å². The quantitative estimate of drug-likeness (QED) is 0.877. The van der Waals surface area contributed by atoms with Crippen molar-refractivity contribution in [2.75, 3.05) is 0 Å². The summed E-state index contributed by atoms with van der Waals surface area (Å²) in [7, 11) is 0. The first-order valence-corrected chi connectivity index (χ1v) is 7.48. The molecule has 1 aliphatic rings. The molecular formula is C16H15BrO3. The molecule has 0 spiro atoms. The Kier molecular flexibility index (Phi) is 3.42. The predicted molar refractivity (Wildman–Crippen MR) is 81.0 cm³/mol. The van der Waals surface area contributed by atoms with Crippen LogP contribution in [0.25, 0.3) is 10.8 Å². The number of hydrogen-bond acceptors (Lipinski definition) is 2. The smallest absolute Gasteiger partial charge is 0.303 e. The van der Waals surface area contributed by atoms with Crippen molar-refractivity contribution in [2.45, 2.75) is 25.2 Å². The molecule has 2 N–H and O–H groups in total. The van der Waals surface area contributed by atoms with Gasteiger partial charge in [-0.05, 0) is 59.4 Å². The lowest BCUT2D eigenvalue weighted by molar-refractivity contribution is -0.137. The molecule has 2 aromatic carbocycles. The topological polar surface area (TPSA) is 57.5 Å². The fourth-order valence-corrected chi connectivity index (χ4v) is 3.17. The normalized spacial score (nSPS) is 16.2. The summed E-state index contributed by atoms with van der Waals surface area (Å²) in [6, 6.07) is 9.52. The van der Waals surface area contributed by atoms with Gasteiger partial charge in [-0.25, -0.2) is 0 Å². The third-order valence-electron chi connectivity index (χ3n) is 3.93. The van der Waals surface area contributed by atoms with Gasteiger partial charge in [0.15, 0.2) is 0 Å². The highest BCUT2D eigenvalue weighted by Gasteiger charge is 2.35. The van der Waals surface area contributed by atoms with E-state index in [1.165, 1.54) is 0 Å². The average molecular weight is 335 g/mol. The van der Waals surface area contributed by atoms with Crippen molar-refractivity contribution >= 4 is 32.7 Å². The van der Waals surface area contributed by atoms with Crippen LogP contribution in [0.3, 0.4) is 0 Å². The second-order valence-corrected chi connectivity index (χ2v) is 6.36. The molecule has 0 saturated heterocycles. The largest absolute Gasteiger partial charge is 0.508 e. The Balaban J connectivity index is 2.08. The minimum absolute atomic E-state index is 0.0811. The molecule has 104 valence electrons. The van der Waals surface area contributed by atoms with Gasteiger partial charge in [0, 0.05) is 10.4 Å². The number of aromatic hydroxyl groups is 1. The SMILES string of the molecule is O=C(O)CC(c1cc2cc(Br)ccc2cc1O)C1CC1. The summed E-state index contributed by atoms with van der Waals surface area (Å²) in [5.41, 5.74) is 0.764. The van der Waals surface area contributed by atoms with Crippen molar-refractivity contribution in [3.63, 3.8) is 0 Å². The van der Waals surface area contributed by atoms with E-state index in [2.05, 4.69) is 15.9 Å². The van der Waals surface area contributed by atoms with Gasteiger partial charge in [0.25, 0.3) is 0 Å². The zero-order valence-corrected chi connectivity index (χ0v) is 12.4. The van der Waals surface area contributed by atoms with Crippen LogP contribution in [0.15, 0.2) is 34.8 Å². The standard InChI is InChI=1S/C16H15BrO3/c17-12-4-3-10-7-15(18)14(6-11(10)5-12)13(8-16(19)20)9-1-2-9/h3-7,9,13,18H,1-2,8H2,(H,19,20). The van der Waals surface area contributed by atoms with E-state index in [1.54, 1.807) is 6.07 Å². The number of rotatable bonds is 4. The highest BCUT2D eigenvalue weighted by Crippen LogP contribution is 2.47. The van der Waals surface area contributed by atoms with E-state index >= 15 is 0 Å². The second-order valence-electron chi connectivity index (χ2n) is 5.44. The Morgan fingerprint density at radius 3 is 2.65 bits per heavy atom. The first-order chi connectivity index (χ1) is 9.54. The maximum Gasteiger partial charge on any atom is 0.303 e. The molecule has 0 aromatic heterocycles. The van der Waals surface area contributed by atoms with Crippen LogP contribution in [0.4, 0.5) is 0 Å². The minimum atomic E-state index is -0.810. The molecule has 0 aliphatic heterocycles. The van der Waals surface area contributed by atoms with Crippen LogP contribution in [0.1, 0.15) is 30.7 Å². The van der Waals surface area contributed by atoms with Gasteiger partial charge in [0.05, 0.1) is 6.42 Å². The summed E-state index contributed by atoms with van der Waals surface area (Å²) in [6.45, 7) is 0. The Morgan fingerprint density at radius 2 is 2.00 bits per heavy atom. The highest BCUT2D eigenvalue weighted by atomic mass is 79.9. The molecule has 0 bridgehead atoms. The van der Waals surface area contributed by atoms with Crippen molar-refractivity contribution in [1.82, 2.24) is 0 Å². The van der Waals surface area contributed by atoms with Crippen LogP contribution in [0, 0.1) is 5.92 Å². The maximum absolute atomic E-state index is 11.1. The van der Waals surface area contributed by atoms with Gasteiger partial charge in [-0.15, -0.1) is 0 Å². The zero-order chi connectivity index (χ0) is 14.3. The molecule has 1 fully saturated rings. The summed E-state index contributed by atoms with van der Waals surface area (Å²) in [6.07, 6.45) is 2.18. The predicted octanol–water partition coefficient (Wildman–Crippen LogP) is 4.28. The minimum Gasteiger partial charge on any atom is -0.508 e. The van der Waals surface area contributed by atoms with Crippen molar-refractivity contribution in [3.8, 4) is 5.75 Å². The second kappa shape index (κ2) is 5.09. The van der Waals surface area contributed by atoms with Gasteiger partial charge in [-0.2, -0.15) is 0 Å². The fraction of sp³-hybridized carbons (Fsp3) is 0.312. The Labute approximate surface area is 125 Å². The molecule has 1 atom stereocenters. The summed E-state index contributed by atoms with van der Waals surface area (Å²) < 4.78 is 0.975. The first-order valence-electron chi connectivity index (χ1n) is 6.68. The Morgan fingerprint density at radius 1 is 1.25 bits per heavy atom. The first kappa shape index (κ1) is 13.4. The number of phenolic OH excluding ortho intramolecular Hbond substituents is 1. The zero-order valence-electron chi connectivity index (χ0n) is 10.8. The molecule has 0 radical (unpaired) electrons. The highest BCUT2D eigenvalue weighted by molar-refractivity contribution is 9.10. The maximum atomic E-state index is 11.1. The summed E-state index contributed by atoms with van der Waals surface area (Å²) in [4.78, 5) is 11.1. The summed E-state index contributed by atoms with van der Waals surface area (Å²) in [5, 5.41) is 21.3. The third kappa shape index (κ3) is 2.66. The number of carboxylic acids is 1. The number of carboxylic acid groups (broad SMARTS) is 1. The van der Waals surface area contributed by atoms with Crippen LogP contribution < -0.4 is 0 Å². The van der Waals surface area contributed by atoms with E-state index in [0.29, 0.717) is 5.92 Å². The molecule has 1 aliphatic carbocycles. The molecule has 2 aromatic rings. The van der Waals surface area contributed by atoms with Crippen LogP contribution in [0.2, 0.25) is 0 Å². The number of carbonyl (C=O) groups is 1. The van der Waals surface area contributed by atoms with Crippen LogP contribution in [-0.2, 0) is 4.79 Å². The van der Waals surface area contributed by atoms with E-state index in [4.69, 9.17) is 5.11 Å². The molecular weight excluding hydrogens is 320 g/mol. The summed E-state index contributed by atoms with van der Waals surface area (Å²) in [5.74, 6) is -0.300. The molecule has 20 heavy (non-hydrogen) atoms. The lowest BCUT2D eigenvalue weighted by atomic mass is 9.89. The lowest BCUT2D eigenvalue weighted by Crippen LogP contribution is -2.08. The van der Waals surface area contributed by atoms with E-state index in [9.17, 15) is 9.90 Å². The van der Waals surface area contributed by atoms with E-state index in [1.807, 2.05) is 24.3 Å². The van der Waals surface area contributed by atoms with Crippen molar-refractivity contribution in [2.24, 2.45) is 5.92 Å². The molecule has 3 rings (SSSR count). The fourth-order valence-electron chi connectivity index (χ4n) is 2.79. The molecule has 4 heteroatoms. The number of aliphatic carboxylic acids is 1. The van der Waals surface area contributed by atoms with Gasteiger partial charge in [-0.3, -0.25) is 4.79 Å². The van der Waals surface area contributed by atoms with Crippen molar-refractivity contribution in [3.05, 3.63) is 40.4 Å². The monoisotopic (exact) mass is 334 g/mol. The van der Waals surface area contributed by atoms with Gasteiger partial charge in [0.2, 0.25) is 0 Å². The number of halogens is 1. The number of hydrogen-bond donors (Lipinski definition) is 2. The van der Waals surface area contributed by atoms with Crippen LogP contribution in [0.5, 0.6) is 5.75 Å². The number of phenols is 1. The lowest BCUT2D eigenvalue weighted by Gasteiger charge is -2.17. The van der Waals surface area contributed by atoms with Gasteiger partial charge in [0.1, 0.15) is 5.75 Å². The van der Waals surface area contributed by atoms with Crippen LogP contribution >= 0.6 is 15.9 Å².